The van der Waals surface area contributed by atoms with Crippen LogP contribution >= 0.6 is 0 Å². The van der Waals surface area contributed by atoms with Gasteiger partial charge in [0, 0.05) is 6.04 Å². The first kappa shape index (κ1) is 14.2. The summed E-state index contributed by atoms with van der Waals surface area (Å²) in [6.07, 6.45) is 3.47. The molecule has 0 radical (unpaired) electrons. The van der Waals surface area contributed by atoms with Crippen LogP contribution in [0.1, 0.15) is 44.7 Å². The normalized spacial score (nSPS) is 12.9. The minimum Gasteiger partial charge on any atom is -0.330 e. The van der Waals surface area contributed by atoms with Gasteiger partial charge in [-0.2, -0.15) is 0 Å². The van der Waals surface area contributed by atoms with Gasteiger partial charge in [0.2, 0.25) is 0 Å². The van der Waals surface area contributed by atoms with E-state index in [0.717, 1.165) is 19.5 Å². The van der Waals surface area contributed by atoms with E-state index in [1.54, 1.807) is 0 Å². The van der Waals surface area contributed by atoms with E-state index in [0.29, 0.717) is 12.0 Å². The average molecular weight is 234 g/mol. The minimum absolute atomic E-state index is 0.470. The predicted octanol–water partition coefficient (Wildman–Crippen LogP) is 3.10. The van der Waals surface area contributed by atoms with Gasteiger partial charge in [-0.05, 0) is 31.0 Å². The molecule has 0 spiro atoms. The molecule has 17 heavy (non-hydrogen) atoms. The molecule has 0 aromatic heterocycles. The third-order valence-corrected chi connectivity index (χ3v) is 3.42. The van der Waals surface area contributed by atoms with E-state index in [1.165, 1.54) is 18.4 Å². The largest absolute Gasteiger partial charge is 0.330 e. The molecule has 3 N–H and O–H groups in total. The van der Waals surface area contributed by atoms with E-state index in [4.69, 9.17) is 5.73 Å². The Morgan fingerprint density at radius 3 is 2.29 bits per heavy atom. The van der Waals surface area contributed by atoms with Gasteiger partial charge < -0.3 is 11.1 Å². The average Bonchev–Trinajstić information content (AvgIpc) is 2.39. The lowest BCUT2D eigenvalue weighted by Gasteiger charge is -2.27. The molecule has 0 aliphatic heterocycles. The van der Waals surface area contributed by atoms with Crippen molar-refractivity contribution in [2.45, 2.75) is 39.2 Å². The highest BCUT2D eigenvalue weighted by Crippen LogP contribution is 2.27. The molecule has 1 rings (SSSR count). The molecule has 0 aliphatic rings. The molecule has 0 saturated carbocycles. The Balaban J connectivity index is 2.71. The Kier molecular flexibility index (Phi) is 6.90. The SMILES string of the molecule is CCC(CC)C(NCCCN)c1ccccc1. The van der Waals surface area contributed by atoms with Crippen molar-refractivity contribution in [1.29, 1.82) is 0 Å². The maximum atomic E-state index is 5.55. The van der Waals surface area contributed by atoms with E-state index in [-0.39, 0.29) is 0 Å². The van der Waals surface area contributed by atoms with Crippen LogP contribution in [0.3, 0.4) is 0 Å². The van der Waals surface area contributed by atoms with Crippen LogP contribution in [-0.2, 0) is 0 Å². The summed E-state index contributed by atoms with van der Waals surface area (Å²) in [7, 11) is 0. The van der Waals surface area contributed by atoms with Crippen LogP contribution in [0.2, 0.25) is 0 Å². The molecule has 1 unspecified atom stereocenters. The highest BCUT2D eigenvalue weighted by atomic mass is 14.9. The molecule has 1 atom stereocenters. The lowest BCUT2D eigenvalue weighted by atomic mass is 9.89. The number of hydrogen-bond acceptors (Lipinski definition) is 2. The zero-order valence-corrected chi connectivity index (χ0v) is 11.2. The van der Waals surface area contributed by atoms with Crippen molar-refractivity contribution in [3.8, 4) is 0 Å². The summed E-state index contributed by atoms with van der Waals surface area (Å²) >= 11 is 0. The number of benzene rings is 1. The highest BCUT2D eigenvalue weighted by molar-refractivity contribution is 5.19. The monoisotopic (exact) mass is 234 g/mol. The van der Waals surface area contributed by atoms with Gasteiger partial charge in [0.25, 0.3) is 0 Å². The van der Waals surface area contributed by atoms with Gasteiger partial charge in [-0.15, -0.1) is 0 Å². The van der Waals surface area contributed by atoms with Crippen LogP contribution in [0, 0.1) is 5.92 Å². The molecule has 1 aromatic rings. The number of nitrogens with two attached hydrogens (primary N) is 1. The van der Waals surface area contributed by atoms with Crippen LogP contribution in [0.15, 0.2) is 30.3 Å². The van der Waals surface area contributed by atoms with Crippen molar-refractivity contribution in [2.75, 3.05) is 13.1 Å². The van der Waals surface area contributed by atoms with Crippen LogP contribution in [0.4, 0.5) is 0 Å². The first-order valence-electron chi connectivity index (χ1n) is 6.81. The molecule has 0 fully saturated rings. The molecule has 0 saturated heterocycles. The van der Waals surface area contributed by atoms with E-state index in [9.17, 15) is 0 Å². The molecule has 0 bridgehead atoms. The number of hydrogen-bond donors (Lipinski definition) is 2. The smallest absolute Gasteiger partial charge is 0.0348 e. The highest BCUT2D eigenvalue weighted by Gasteiger charge is 2.19. The van der Waals surface area contributed by atoms with Crippen LogP contribution < -0.4 is 11.1 Å². The summed E-state index contributed by atoms with van der Waals surface area (Å²) in [4.78, 5) is 0. The lowest BCUT2D eigenvalue weighted by Crippen LogP contribution is -2.29. The van der Waals surface area contributed by atoms with Crippen molar-refractivity contribution < 1.29 is 0 Å². The maximum absolute atomic E-state index is 5.55. The van der Waals surface area contributed by atoms with Crippen molar-refractivity contribution in [3.63, 3.8) is 0 Å². The summed E-state index contributed by atoms with van der Waals surface area (Å²) in [6.45, 7) is 6.31. The second-order valence-corrected chi connectivity index (χ2v) is 4.56. The molecule has 1 aromatic carbocycles. The van der Waals surface area contributed by atoms with Crippen LogP contribution in [-0.4, -0.2) is 13.1 Å². The third-order valence-electron chi connectivity index (χ3n) is 3.42. The second-order valence-electron chi connectivity index (χ2n) is 4.56. The molecule has 2 heteroatoms. The molecule has 96 valence electrons. The Hall–Kier alpha value is -0.860. The predicted molar refractivity (Wildman–Crippen MR) is 74.9 cm³/mol. The Morgan fingerprint density at radius 2 is 1.76 bits per heavy atom. The summed E-state index contributed by atoms with van der Waals surface area (Å²) < 4.78 is 0. The van der Waals surface area contributed by atoms with Gasteiger partial charge in [0.05, 0.1) is 0 Å². The van der Waals surface area contributed by atoms with Crippen molar-refractivity contribution >= 4 is 0 Å². The fourth-order valence-corrected chi connectivity index (χ4v) is 2.34. The van der Waals surface area contributed by atoms with Crippen LogP contribution in [0.25, 0.3) is 0 Å². The summed E-state index contributed by atoms with van der Waals surface area (Å²) in [6, 6.07) is 11.2. The van der Waals surface area contributed by atoms with E-state index >= 15 is 0 Å². The van der Waals surface area contributed by atoms with E-state index < -0.39 is 0 Å². The quantitative estimate of drug-likeness (QED) is 0.678. The van der Waals surface area contributed by atoms with Crippen molar-refractivity contribution in [1.82, 2.24) is 5.32 Å². The molecule has 0 aliphatic carbocycles. The van der Waals surface area contributed by atoms with Gasteiger partial charge in [-0.25, -0.2) is 0 Å². The Morgan fingerprint density at radius 1 is 1.12 bits per heavy atom. The van der Waals surface area contributed by atoms with Gasteiger partial charge in [0.1, 0.15) is 0 Å². The van der Waals surface area contributed by atoms with Crippen molar-refractivity contribution in [2.24, 2.45) is 11.7 Å². The first-order valence-corrected chi connectivity index (χ1v) is 6.81. The minimum atomic E-state index is 0.470. The molecule has 2 nitrogen and oxygen atoms in total. The van der Waals surface area contributed by atoms with Gasteiger partial charge in [0.15, 0.2) is 0 Å². The summed E-state index contributed by atoms with van der Waals surface area (Å²) in [5, 5.41) is 3.66. The lowest BCUT2D eigenvalue weighted by molar-refractivity contribution is 0.340. The van der Waals surface area contributed by atoms with Crippen LogP contribution in [0.5, 0.6) is 0 Å². The topological polar surface area (TPSA) is 38.0 Å². The van der Waals surface area contributed by atoms with E-state index in [2.05, 4.69) is 49.5 Å². The van der Waals surface area contributed by atoms with Gasteiger partial charge in [-0.1, -0.05) is 57.0 Å². The fourth-order valence-electron chi connectivity index (χ4n) is 2.34. The molecular formula is C15H26N2. The third kappa shape index (κ3) is 4.49. The zero-order valence-electron chi connectivity index (χ0n) is 11.2. The summed E-state index contributed by atoms with van der Waals surface area (Å²) in [5.41, 5.74) is 6.96. The fraction of sp³-hybridized carbons (Fsp3) is 0.600. The maximum Gasteiger partial charge on any atom is 0.0348 e. The van der Waals surface area contributed by atoms with Gasteiger partial charge >= 0.3 is 0 Å². The van der Waals surface area contributed by atoms with E-state index in [1.807, 2.05) is 0 Å². The number of rotatable bonds is 8. The number of nitrogens with one attached hydrogen (secondary N) is 1. The Bertz CT molecular complexity index is 280. The standard InChI is InChI=1S/C15H26N2/c1-3-13(4-2)15(17-12-8-11-16)14-9-6-5-7-10-14/h5-7,9-10,13,15,17H,3-4,8,11-12,16H2,1-2H3. The Labute approximate surface area is 106 Å². The molecule has 0 amide bonds. The van der Waals surface area contributed by atoms with Gasteiger partial charge in [-0.3, -0.25) is 0 Å². The molecular weight excluding hydrogens is 208 g/mol. The molecule has 0 heterocycles. The first-order chi connectivity index (χ1) is 8.33. The second kappa shape index (κ2) is 8.26. The summed E-state index contributed by atoms with van der Waals surface area (Å²) in [5.74, 6) is 0.704. The van der Waals surface area contributed by atoms with Crippen molar-refractivity contribution in [3.05, 3.63) is 35.9 Å². The zero-order chi connectivity index (χ0) is 12.5.